The third kappa shape index (κ3) is 3.54. The molecule has 2 rings (SSSR count). The first-order valence-corrected chi connectivity index (χ1v) is 7.98. The fourth-order valence-corrected chi connectivity index (χ4v) is 3.77. The van der Waals surface area contributed by atoms with E-state index in [9.17, 15) is 4.39 Å². The zero-order chi connectivity index (χ0) is 12.3. The van der Waals surface area contributed by atoms with Crippen molar-refractivity contribution >= 4 is 31.9 Å². The smallest absolute Gasteiger partial charge is 0.137 e. The Hall–Kier alpha value is 0.110. The Bertz CT molecular complexity index is 370. The predicted octanol–water partition coefficient (Wildman–Crippen LogP) is 5.99. The Morgan fingerprint density at radius 3 is 2.35 bits per heavy atom. The number of benzene rings is 1. The highest BCUT2D eigenvalue weighted by Gasteiger charge is 2.22. The third-order valence-electron chi connectivity index (χ3n) is 3.58. The van der Waals surface area contributed by atoms with Gasteiger partial charge in [-0.25, -0.2) is 4.39 Å². The van der Waals surface area contributed by atoms with E-state index in [0.717, 1.165) is 0 Å². The molecule has 0 spiro atoms. The predicted molar refractivity (Wildman–Crippen MR) is 77.0 cm³/mol. The second-order valence-electron chi connectivity index (χ2n) is 4.83. The maximum atomic E-state index is 13.2. The molecule has 0 N–H and O–H groups in total. The quantitative estimate of drug-likeness (QED) is 0.446. The van der Waals surface area contributed by atoms with E-state index in [2.05, 4.69) is 31.9 Å². The first-order chi connectivity index (χ1) is 8.18. The first kappa shape index (κ1) is 13.5. The normalized spacial score (nSPS) is 19.9. The maximum absolute atomic E-state index is 13.2. The van der Waals surface area contributed by atoms with Crippen LogP contribution in [-0.2, 0) is 0 Å². The lowest BCUT2D eigenvalue weighted by molar-refractivity contribution is 0.454. The van der Waals surface area contributed by atoms with Crippen molar-refractivity contribution in [3.05, 3.63) is 34.1 Å². The highest BCUT2D eigenvalue weighted by Crippen LogP contribution is 2.40. The molecule has 1 aliphatic rings. The van der Waals surface area contributed by atoms with Gasteiger partial charge in [-0.1, -0.05) is 47.7 Å². The molecule has 17 heavy (non-hydrogen) atoms. The van der Waals surface area contributed by atoms with Gasteiger partial charge in [-0.15, -0.1) is 0 Å². The largest absolute Gasteiger partial charge is 0.206 e. The zero-order valence-corrected chi connectivity index (χ0v) is 12.9. The molecule has 1 aromatic rings. The average molecular weight is 364 g/mol. The summed E-state index contributed by atoms with van der Waals surface area (Å²) >= 11 is 7.06. The third-order valence-corrected chi connectivity index (χ3v) is 5.46. The van der Waals surface area contributed by atoms with E-state index in [1.165, 1.54) is 44.1 Å². The number of rotatable bonds is 2. The molecule has 0 aliphatic heterocycles. The molecule has 0 heterocycles. The molecule has 0 saturated heterocycles. The zero-order valence-electron chi connectivity index (χ0n) is 9.76. The molecular weight excluding hydrogens is 347 g/mol. The van der Waals surface area contributed by atoms with Gasteiger partial charge >= 0.3 is 0 Å². The number of hydrogen-bond donors (Lipinski definition) is 0. The van der Waals surface area contributed by atoms with Crippen LogP contribution in [0.3, 0.4) is 0 Å². The Morgan fingerprint density at radius 2 is 1.76 bits per heavy atom. The minimum atomic E-state index is -0.186. The molecule has 0 radical (unpaired) electrons. The molecule has 0 nitrogen and oxygen atoms in total. The van der Waals surface area contributed by atoms with Crippen LogP contribution in [0.1, 0.15) is 48.9 Å². The van der Waals surface area contributed by atoms with E-state index >= 15 is 0 Å². The van der Waals surface area contributed by atoms with E-state index in [-0.39, 0.29) is 5.82 Å². The second kappa shape index (κ2) is 6.33. The van der Waals surface area contributed by atoms with Crippen LogP contribution in [0.15, 0.2) is 22.7 Å². The van der Waals surface area contributed by atoms with E-state index in [0.29, 0.717) is 15.2 Å². The van der Waals surface area contributed by atoms with Gasteiger partial charge in [0.05, 0.1) is 4.47 Å². The Kier molecular flexibility index (Phi) is 5.04. The van der Waals surface area contributed by atoms with Crippen LogP contribution in [0.2, 0.25) is 0 Å². The van der Waals surface area contributed by atoms with Gasteiger partial charge in [0.25, 0.3) is 0 Å². The van der Waals surface area contributed by atoms with Gasteiger partial charge in [-0.05, 0) is 52.4 Å². The summed E-state index contributed by atoms with van der Waals surface area (Å²) in [6.07, 6.45) is 7.95. The minimum absolute atomic E-state index is 0.186. The molecule has 0 amide bonds. The van der Waals surface area contributed by atoms with Crippen LogP contribution in [0.5, 0.6) is 0 Å². The van der Waals surface area contributed by atoms with Crippen LogP contribution < -0.4 is 0 Å². The van der Waals surface area contributed by atoms with Gasteiger partial charge in [0.1, 0.15) is 5.82 Å². The first-order valence-electron chi connectivity index (χ1n) is 6.27. The van der Waals surface area contributed by atoms with Crippen LogP contribution >= 0.6 is 31.9 Å². The fourth-order valence-electron chi connectivity index (χ4n) is 2.56. The molecule has 1 unspecified atom stereocenters. The SMILES string of the molecule is Fc1ccc(C(Br)C2CCCCCC2)cc1Br. The summed E-state index contributed by atoms with van der Waals surface area (Å²) in [5.74, 6) is 0.504. The summed E-state index contributed by atoms with van der Waals surface area (Å²) in [5, 5.41) is 0. The van der Waals surface area contributed by atoms with Crippen molar-refractivity contribution in [1.29, 1.82) is 0 Å². The van der Waals surface area contributed by atoms with Gasteiger partial charge in [0.2, 0.25) is 0 Å². The Labute approximate surface area is 119 Å². The van der Waals surface area contributed by atoms with Crippen molar-refractivity contribution in [3.8, 4) is 0 Å². The molecular formula is C14H17Br2F. The molecule has 0 aromatic heterocycles. The van der Waals surface area contributed by atoms with E-state index in [1.807, 2.05) is 12.1 Å². The van der Waals surface area contributed by atoms with Crippen molar-refractivity contribution in [2.75, 3.05) is 0 Å². The Balaban J connectivity index is 2.11. The van der Waals surface area contributed by atoms with E-state index < -0.39 is 0 Å². The fraction of sp³-hybridized carbons (Fsp3) is 0.571. The minimum Gasteiger partial charge on any atom is -0.206 e. The van der Waals surface area contributed by atoms with Gasteiger partial charge in [0.15, 0.2) is 0 Å². The lowest BCUT2D eigenvalue weighted by Crippen LogP contribution is -2.07. The van der Waals surface area contributed by atoms with Gasteiger partial charge in [-0.2, -0.15) is 0 Å². The van der Waals surface area contributed by atoms with E-state index in [4.69, 9.17) is 0 Å². The van der Waals surface area contributed by atoms with Gasteiger partial charge in [-0.3, -0.25) is 0 Å². The molecule has 0 bridgehead atoms. The summed E-state index contributed by atoms with van der Waals surface area (Å²) in [6.45, 7) is 0. The van der Waals surface area contributed by atoms with Crippen LogP contribution in [-0.4, -0.2) is 0 Å². The van der Waals surface area contributed by atoms with Gasteiger partial charge in [0, 0.05) is 4.83 Å². The van der Waals surface area contributed by atoms with E-state index in [1.54, 1.807) is 6.07 Å². The van der Waals surface area contributed by atoms with Crippen molar-refractivity contribution in [1.82, 2.24) is 0 Å². The lowest BCUT2D eigenvalue weighted by atomic mass is 9.92. The van der Waals surface area contributed by atoms with Crippen molar-refractivity contribution < 1.29 is 4.39 Å². The molecule has 1 atom stereocenters. The molecule has 3 heteroatoms. The van der Waals surface area contributed by atoms with Crippen molar-refractivity contribution in [2.24, 2.45) is 5.92 Å². The summed E-state index contributed by atoms with van der Waals surface area (Å²) < 4.78 is 13.8. The van der Waals surface area contributed by atoms with Crippen LogP contribution in [0, 0.1) is 11.7 Å². The highest BCUT2D eigenvalue weighted by molar-refractivity contribution is 9.10. The second-order valence-corrected chi connectivity index (χ2v) is 6.67. The molecule has 1 aromatic carbocycles. The van der Waals surface area contributed by atoms with Crippen LogP contribution in [0.25, 0.3) is 0 Å². The molecule has 1 fully saturated rings. The molecule has 1 aliphatic carbocycles. The number of alkyl halides is 1. The lowest BCUT2D eigenvalue weighted by Gasteiger charge is -2.21. The van der Waals surface area contributed by atoms with Gasteiger partial charge < -0.3 is 0 Å². The Morgan fingerprint density at radius 1 is 1.12 bits per heavy atom. The monoisotopic (exact) mass is 362 g/mol. The highest BCUT2D eigenvalue weighted by atomic mass is 79.9. The standard InChI is InChI=1S/C14H17Br2F/c15-12-9-11(7-8-13(12)17)14(16)10-5-3-1-2-4-6-10/h7-10,14H,1-6H2. The molecule has 1 saturated carbocycles. The number of halogens is 3. The maximum Gasteiger partial charge on any atom is 0.137 e. The van der Waals surface area contributed by atoms with Crippen molar-refractivity contribution in [3.63, 3.8) is 0 Å². The average Bonchev–Trinajstić information content (AvgIpc) is 2.60. The van der Waals surface area contributed by atoms with Crippen LogP contribution in [0.4, 0.5) is 4.39 Å². The summed E-state index contributed by atoms with van der Waals surface area (Å²) in [5.41, 5.74) is 1.19. The van der Waals surface area contributed by atoms with Crippen molar-refractivity contribution in [2.45, 2.75) is 43.4 Å². The summed E-state index contributed by atoms with van der Waals surface area (Å²) in [7, 11) is 0. The summed E-state index contributed by atoms with van der Waals surface area (Å²) in [4.78, 5) is 0.359. The molecule has 94 valence electrons. The number of hydrogen-bond acceptors (Lipinski definition) is 0. The topological polar surface area (TPSA) is 0 Å². The summed E-state index contributed by atoms with van der Waals surface area (Å²) in [6, 6.07) is 5.34.